The number of rotatable bonds is 6. The second-order valence-electron chi connectivity index (χ2n) is 6.19. The van der Waals surface area contributed by atoms with Crippen LogP contribution >= 0.6 is 11.3 Å². The highest BCUT2D eigenvalue weighted by molar-refractivity contribution is 7.12. The van der Waals surface area contributed by atoms with Crippen molar-refractivity contribution in [3.8, 4) is 0 Å². The summed E-state index contributed by atoms with van der Waals surface area (Å²) in [5, 5.41) is 7.39. The van der Waals surface area contributed by atoms with Gasteiger partial charge >= 0.3 is 0 Å². The van der Waals surface area contributed by atoms with Crippen molar-refractivity contribution in [3.05, 3.63) is 46.7 Å². The minimum atomic E-state index is -0.494. The molecule has 0 radical (unpaired) electrons. The van der Waals surface area contributed by atoms with Crippen LogP contribution in [0.3, 0.4) is 0 Å². The fraction of sp³-hybridized carbons (Fsp3) is 0.316. The first-order valence-corrected chi connectivity index (χ1v) is 9.50. The van der Waals surface area contributed by atoms with Crippen molar-refractivity contribution in [2.75, 3.05) is 30.9 Å². The fourth-order valence-corrected chi connectivity index (χ4v) is 3.73. The first-order valence-electron chi connectivity index (χ1n) is 8.62. The molecule has 0 spiro atoms. The smallest absolute Gasteiger partial charge is 0.264 e. The van der Waals surface area contributed by atoms with Gasteiger partial charge in [-0.1, -0.05) is 12.1 Å². The van der Waals surface area contributed by atoms with Crippen LogP contribution in [0, 0.1) is 0 Å². The number of ether oxygens (including phenoxy) is 1. The van der Waals surface area contributed by atoms with Crippen LogP contribution in [0.15, 0.2) is 41.8 Å². The number of thiophene rings is 1. The summed E-state index contributed by atoms with van der Waals surface area (Å²) < 4.78 is 4.78. The van der Waals surface area contributed by atoms with Crippen molar-refractivity contribution in [2.24, 2.45) is 0 Å². The molecule has 1 saturated heterocycles. The monoisotopic (exact) mass is 387 g/mol. The van der Waals surface area contributed by atoms with E-state index < -0.39 is 6.04 Å². The number of nitrogens with one attached hydrogen (secondary N) is 2. The van der Waals surface area contributed by atoms with Crippen LogP contribution in [0.1, 0.15) is 22.5 Å². The van der Waals surface area contributed by atoms with E-state index in [2.05, 4.69) is 10.6 Å². The predicted molar refractivity (Wildman–Crippen MR) is 104 cm³/mol. The lowest BCUT2D eigenvalue weighted by Gasteiger charge is -2.23. The first kappa shape index (κ1) is 19.1. The van der Waals surface area contributed by atoms with Gasteiger partial charge in [0.25, 0.3) is 5.91 Å². The van der Waals surface area contributed by atoms with Crippen LogP contribution in [0.5, 0.6) is 0 Å². The molecule has 0 unspecified atom stereocenters. The molecule has 3 amide bonds. The van der Waals surface area contributed by atoms with Gasteiger partial charge in [-0.2, -0.15) is 0 Å². The molecule has 0 aliphatic carbocycles. The molecule has 3 rings (SSSR count). The SMILES string of the molecule is COCC(=O)Nc1cccc(NC(=O)[C@@H]2CCCN2C(=O)c2cccs2)c1. The molecule has 8 heteroatoms. The summed E-state index contributed by atoms with van der Waals surface area (Å²) in [7, 11) is 1.45. The molecule has 27 heavy (non-hydrogen) atoms. The highest BCUT2D eigenvalue weighted by Gasteiger charge is 2.34. The van der Waals surface area contributed by atoms with Crippen molar-refractivity contribution in [3.63, 3.8) is 0 Å². The topological polar surface area (TPSA) is 87.7 Å². The molecule has 7 nitrogen and oxygen atoms in total. The summed E-state index contributed by atoms with van der Waals surface area (Å²) in [6.07, 6.45) is 1.43. The van der Waals surface area contributed by atoms with E-state index in [0.717, 1.165) is 6.42 Å². The summed E-state index contributed by atoms with van der Waals surface area (Å²) in [6, 6.07) is 9.98. The van der Waals surface area contributed by atoms with E-state index in [-0.39, 0.29) is 24.3 Å². The van der Waals surface area contributed by atoms with E-state index in [1.54, 1.807) is 35.2 Å². The quantitative estimate of drug-likeness (QED) is 0.797. The Morgan fingerprint density at radius 3 is 2.67 bits per heavy atom. The van der Waals surface area contributed by atoms with Gasteiger partial charge in [-0.3, -0.25) is 14.4 Å². The second-order valence-corrected chi connectivity index (χ2v) is 7.13. The Balaban J connectivity index is 1.66. The Morgan fingerprint density at radius 1 is 1.19 bits per heavy atom. The molecule has 1 aromatic carbocycles. The normalized spacial score (nSPS) is 16.2. The van der Waals surface area contributed by atoms with Gasteiger partial charge in [0.15, 0.2) is 0 Å². The van der Waals surface area contributed by atoms with Crippen LogP contribution < -0.4 is 10.6 Å². The number of hydrogen-bond acceptors (Lipinski definition) is 5. The lowest BCUT2D eigenvalue weighted by molar-refractivity contribution is -0.120. The van der Waals surface area contributed by atoms with E-state index in [4.69, 9.17) is 4.74 Å². The summed E-state index contributed by atoms with van der Waals surface area (Å²) in [4.78, 5) is 39.2. The van der Waals surface area contributed by atoms with Crippen molar-refractivity contribution in [1.82, 2.24) is 4.90 Å². The van der Waals surface area contributed by atoms with Crippen LogP contribution in [0.4, 0.5) is 11.4 Å². The number of carbonyl (C=O) groups is 3. The average Bonchev–Trinajstić information content (AvgIpc) is 3.33. The molecule has 0 saturated carbocycles. The number of carbonyl (C=O) groups excluding carboxylic acids is 3. The number of nitrogens with zero attached hydrogens (tertiary/aromatic N) is 1. The van der Waals surface area contributed by atoms with Crippen LogP contribution in [-0.2, 0) is 14.3 Å². The van der Waals surface area contributed by atoms with Gasteiger partial charge < -0.3 is 20.3 Å². The summed E-state index contributed by atoms with van der Waals surface area (Å²) in [6.45, 7) is 0.528. The first-order chi connectivity index (χ1) is 13.1. The molecule has 142 valence electrons. The van der Waals surface area contributed by atoms with Crippen molar-refractivity contribution in [1.29, 1.82) is 0 Å². The highest BCUT2D eigenvalue weighted by Crippen LogP contribution is 2.24. The van der Waals surface area contributed by atoms with Gasteiger partial charge in [-0.15, -0.1) is 11.3 Å². The summed E-state index contributed by atoms with van der Waals surface area (Å²) in [5.41, 5.74) is 1.12. The number of anilines is 2. The van der Waals surface area contributed by atoms with Crippen molar-refractivity contribution < 1.29 is 19.1 Å². The van der Waals surface area contributed by atoms with E-state index in [1.807, 2.05) is 11.4 Å². The highest BCUT2D eigenvalue weighted by atomic mass is 32.1. The van der Waals surface area contributed by atoms with Gasteiger partial charge in [-0.25, -0.2) is 0 Å². The number of hydrogen-bond donors (Lipinski definition) is 2. The summed E-state index contributed by atoms with van der Waals surface area (Å²) in [5.74, 6) is -0.606. The van der Waals surface area contributed by atoms with Gasteiger partial charge in [0, 0.05) is 25.0 Å². The zero-order valence-corrected chi connectivity index (χ0v) is 15.8. The van der Waals surface area contributed by atoms with Crippen molar-refractivity contribution in [2.45, 2.75) is 18.9 Å². The van der Waals surface area contributed by atoms with E-state index in [1.165, 1.54) is 18.4 Å². The van der Waals surface area contributed by atoms with E-state index in [9.17, 15) is 14.4 Å². The molecule has 2 aromatic rings. The Bertz CT molecular complexity index is 822. The Labute approximate surface area is 161 Å². The van der Waals surface area contributed by atoms with Crippen LogP contribution in [0.25, 0.3) is 0 Å². The lowest BCUT2D eigenvalue weighted by Crippen LogP contribution is -2.42. The zero-order chi connectivity index (χ0) is 19.2. The summed E-state index contributed by atoms with van der Waals surface area (Å²) >= 11 is 1.37. The lowest BCUT2D eigenvalue weighted by atomic mass is 10.2. The molecule has 2 N–H and O–H groups in total. The standard InChI is InChI=1S/C19H21N3O4S/c1-26-12-17(23)20-13-5-2-6-14(11-13)21-18(24)15-7-3-9-22(15)19(25)16-8-4-10-27-16/h2,4-6,8,10-11,15H,3,7,9,12H2,1H3,(H,20,23)(H,21,24)/t15-/m0/s1. The van der Waals surface area contributed by atoms with Crippen molar-refractivity contribution >= 4 is 40.4 Å². The molecule has 1 aliphatic heterocycles. The van der Waals surface area contributed by atoms with Gasteiger partial charge in [0.1, 0.15) is 12.6 Å². The van der Waals surface area contributed by atoms with Crippen LogP contribution in [0.2, 0.25) is 0 Å². The molecule has 1 aliphatic rings. The Morgan fingerprint density at radius 2 is 1.96 bits per heavy atom. The zero-order valence-electron chi connectivity index (χ0n) is 14.9. The number of benzene rings is 1. The van der Waals surface area contributed by atoms with E-state index in [0.29, 0.717) is 29.2 Å². The average molecular weight is 387 g/mol. The maximum atomic E-state index is 12.7. The second kappa shape index (κ2) is 8.79. The minimum absolute atomic E-state index is 0.0432. The number of amides is 3. The number of methoxy groups -OCH3 is 1. The number of likely N-dealkylation sites (tertiary alicyclic amines) is 1. The molecule has 0 bridgehead atoms. The van der Waals surface area contributed by atoms with E-state index >= 15 is 0 Å². The fourth-order valence-electron chi connectivity index (χ4n) is 3.05. The third-order valence-electron chi connectivity index (χ3n) is 4.24. The molecule has 2 heterocycles. The van der Waals surface area contributed by atoms with Crippen LogP contribution in [-0.4, -0.2) is 48.9 Å². The Hall–Kier alpha value is -2.71. The molecule has 1 atom stereocenters. The third kappa shape index (κ3) is 4.72. The largest absolute Gasteiger partial charge is 0.375 e. The minimum Gasteiger partial charge on any atom is -0.375 e. The van der Waals surface area contributed by atoms with Gasteiger partial charge in [-0.05, 0) is 42.5 Å². The maximum absolute atomic E-state index is 12.7. The maximum Gasteiger partial charge on any atom is 0.264 e. The molecular formula is C19H21N3O4S. The Kier molecular flexibility index (Phi) is 6.20. The molecule has 1 fully saturated rings. The molecular weight excluding hydrogens is 366 g/mol. The molecule has 1 aromatic heterocycles. The predicted octanol–water partition coefficient (Wildman–Crippen LogP) is 2.58. The third-order valence-corrected chi connectivity index (χ3v) is 5.10. The van der Waals surface area contributed by atoms with Gasteiger partial charge in [0.05, 0.1) is 4.88 Å². The van der Waals surface area contributed by atoms with Gasteiger partial charge in [0.2, 0.25) is 11.8 Å².